The maximum Gasteiger partial charge on any atom is 0.296 e. The highest BCUT2D eigenvalue weighted by molar-refractivity contribution is 6.04. The van der Waals surface area contributed by atoms with Crippen molar-refractivity contribution in [3.05, 3.63) is 58.5 Å². The summed E-state index contributed by atoms with van der Waals surface area (Å²) in [6, 6.07) is 9.14. The van der Waals surface area contributed by atoms with Crippen molar-refractivity contribution in [2.75, 3.05) is 11.9 Å². The van der Waals surface area contributed by atoms with Gasteiger partial charge < -0.3 is 14.5 Å². The molecular formula is C16H14N4O5. The van der Waals surface area contributed by atoms with Crippen LogP contribution in [-0.2, 0) is 0 Å². The lowest BCUT2D eigenvalue weighted by Gasteiger charge is -2.07. The number of H-pyrrole nitrogens is 1. The third-order valence-electron chi connectivity index (χ3n) is 3.32. The predicted octanol–water partition coefficient (Wildman–Crippen LogP) is 3.23. The Morgan fingerprint density at radius 3 is 2.92 bits per heavy atom. The molecule has 0 saturated carbocycles. The number of aromatic amines is 1. The van der Waals surface area contributed by atoms with Crippen LogP contribution in [0.5, 0.6) is 5.75 Å². The number of anilines is 1. The van der Waals surface area contributed by atoms with Crippen LogP contribution >= 0.6 is 0 Å². The van der Waals surface area contributed by atoms with E-state index in [4.69, 9.17) is 9.15 Å². The van der Waals surface area contributed by atoms with Gasteiger partial charge in [0.15, 0.2) is 11.5 Å². The van der Waals surface area contributed by atoms with E-state index in [0.29, 0.717) is 23.8 Å². The first-order chi connectivity index (χ1) is 12.1. The molecule has 0 aliphatic heterocycles. The number of rotatable bonds is 6. The minimum atomic E-state index is -0.586. The van der Waals surface area contributed by atoms with Crippen LogP contribution in [0.2, 0.25) is 0 Å². The smallest absolute Gasteiger partial charge is 0.296 e. The second-order valence-electron chi connectivity index (χ2n) is 4.97. The molecule has 3 rings (SSSR count). The number of nitrogens with zero attached hydrogens (tertiary/aromatic N) is 2. The second kappa shape index (κ2) is 6.87. The Labute approximate surface area is 141 Å². The van der Waals surface area contributed by atoms with Crippen LogP contribution in [0.15, 0.2) is 47.1 Å². The monoisotopic (exact) mass is 342 g/mol. The molecular weight excluding hydrogens is 328 g/mol. The Hall–Kier alpha value is -3.62. The van der Waals surface area contributed by atoms with Gasteiger partial charge in [0, 0.05) is 6.07 Å². The molecule has 9 nitrogen and oxygen atoms in total. The Kier molecular flexibility index (Phi) is 4.46. The molecule has 0 bridgehead atoms. The zero-order valence-electron chi connectivity index (χ0n) is 13.2. The van der Waals surface area contributed by atoms with E-state index in [0.717, 1.165) is 0 Å². The topological polar surface area (TPSA) is 123 Å². The quantitative estimate of drug-likeness (QED) is 0.523. The Bertz CT molecular complexity index is 901. The first-order valence-corrected chi connectivity index (χ1v) is 7.40. The zero-order chi connectivity index (χ0) is 17.8. The molecule has 0 spiro atoms. The molecule has 2 aromatic heterocycles. The van der Waals surface area contributed by atoms with Gasteiger partial charge in [-0.2, -0.15) is 5.10 Å². The lowest BCUT2D eigenvalue weighted by molar-refractivity contribution is -0.384. The Morgan fingerprint density at radius 2 is 2.24 bits per heavy atom. The van der Waals surface area contributed by atoms with E-state index in [1.54, 1.807) is 25.1 Å². The summed E-state index contributed by atoms with van der Waals surface area (Å²) >= 11 is 0. The molecule has 2 heterocycles. The number of nitrogens with one attached hydrogen (secondary N) is 2. The maximum atomic E-state index is 12.3. The normalized spacial score (nSPS) is 10.4. The van der Waals surface area contributed by atoms with E-state index in [-0.39, 0.29) is 17.1 Å². The molecule has 0 saturated heterocycles. The molecule has 1 aromatic carbocycles. The molecule has 3 aromatic rings. The fourth-order valence-electron chi connectivity index (χ4n) is 2.21. The molecule has 2 N–H and O–H groups in total. The van der Waals surface area contributed by atoms with E-state index in [9.17, 15) is 14.9 Å². The summed E-state index contributed by atoms with van der Waals surface area (Å²) in [5, 5.41) is 20.3. The van der Waals surface area contributed by atoms with Gasteiger partial charge in [0.2, 0.25) is 0 Å². The van der Waals surface area contributed by atoms with Gasteiger partial charge in [0.05, 0.1) is 23.9 Å². The number of carbonyl (C=O) groups is 1. The highest BCUT2D eigenvalue weighted by Crippen LogP contribution is 2.29. The number of aromatic nitrogens is 2. The summed E-state index contributed by atoms with van der Waals surface area (Å²) in [6.45, 7) is 2.15. The molecule has 0 fully saturated rings. The van der Waals surface area contributed by atoms with Crippen LogP contribution in [0, 0.1) is 10.1 Å². The minimum Gasteiger partial charge on any atom is -0.494 e. The van der Waals surface area contributed by atoms with Gasteiger partial charge in [-0.05, 0) is 31.2 Å². The van der Waals surface area contributed by atoms with Crippen molar-refractivity contribution in [2.24, 2.45) is 0 Å². The molecule has 0 atom stereocenters. The van der Waals surface area contributed by atoms with E-state index in [2.05, 4.69) is 15.5 Å². The van der Waals surface area contributed by atoms with Crippen molar-refractivity contribution in [1.82, 2.24) is 10.2 Å². The summed E-state index contributed by atoms with van der Waals surface area (Å²) in [7, 11) is 0. The van der Waals surface area contributed by atoms with Gasteiger partial charge in [-0.25, -0.2) is 0 Å². The first kappa shape index (κ1) is 16.2. The maximum absolute atomic E-state index is 12.3. The Balaban J connectivity index is 1.82. The number of benzene rings is 1. The summed E-state index contributed by atoms with van der Waals surface area (Å²) < 4.78 is 10.5. The van der Waals surface area contributed by atoms with Crippen molar-refractivity contribution in [2.45, 2.75) is 6.92 Å². The van der Waals surface area contributed by atoms with Gasteiger partial charge in [-0.15, -0.1) is 0 Å². The third kappa shape index (κ3) is 3.50. The average molecular weight is 342 g/mol. The number of hydrogen-bond donors (Lipinski definition) is 2. The van der Waals surface area contributed by atoms with Gasteiger partial charge in [0.25, 0.3) is 11.6 Å². The van der Waals surface area contributed by atoms with Gasteiger partial charge in [0.1, 0.15) is 17.1 Å². The molecule has 0 unspecified atom stereocenters. The van der Waals surface area contributed by atoms with Crippen molar-refractivity contribution in [3.63, 3.8) is 0 Å². The van der Waals surface area contributed by atoms with Crippen molar-refractivity contribution in [3.8, 4) is 17.2 Å². The predicted molar refractivity (Wildman–Crippen MR) is 88.5 cm³/mol. The van der Waals surface area contributed by atoms with E-state index in [1.165, 1.54) is 24.5 Å². The van der Waals surface area contributed by atoms with Crippen LogP contribution in [0.4, 0.5) is 11.4 Å². The van der Waals surface area contributed by atoms with Crippen LogP contribution in [0.3, 0.4) is 0 Å². The lowest BCUT2D eigenvalue weighted by atomic mass is 10.2. The number of nitro groups is 1. The molecule has 0 aliphatic rings. The van der Waals surface area contributed by atoms with E-state index in [1.807, 2.05) is 0 Å². The Morgan fingerprint density at radius 1 is 1.40 bits per heavy atom. The molecule has 1 amide bonds. The molecule has 0 radical (unpaired) electrons. The van der Waals surface area contributed by atoms with Gasteiger partial charge in [-0.1, -0.05) is 0 Å². The molecule has 25 heavy (non-hydrogen) atoms. The lowest BCUT2D eigenvalue weighted by Crippen LogP contribution is -2.13. The highest BCUT2D eigenvalue weighted by atomic mass is 16.6. The summed E-state index contributed by atoms with van der Waals surface area (Å²) in [6.07, 6.45) is 1.50. The molecule has 128 valence electrons. The number of carbonyl (C=O) groups excluding carboxylic acids is 1. The summed E-state index contributed by atoms with van der Waals surface area (Å²) in [5.41, 5.74) is 0.396. The van der Waals surface area contributed by atoms with Gasteiger partial charge >= 0.3 is 0 Å². The first-order valence-electron chi connectivity index (χ1n) is 7.40. The van der Waals surface area contributed by atoms with Crippen LogP contribution < -0.4 is 10.1 Å². The van der Waals surface area contributed by atoms with E-state index >= 15 is 0 Å². The van der Waals surface area contributed by atoms with E-state index < -0.39 is 10.8 Å². The number of hydrogen-bond acceptors (Lipinski definition) is 6. The van der Waals surface area contributed by atoms with Crippen LogP contribution in [0.25, 0.3) is 11.5 Å². The summed E-state index contributed by atoms with van der Waals surface area (Å²) in [4.78, 5) is 22.9. The molecule has 0 aliphatic carbocycles. The van der Waals surface area contributed by atoms with Crippen molar-refractivity contribution in [1.29, 1.82) is 0 Å². The SMILES string of the molecule is CCOc1ccc(NC(=O)c2cc(-c3ccco3)[nH]n2)c([N+](=O)[O-])c1. The number of furan rings is 1. The van der Waals surface area contributed by atoms with Crippen molar-refractivity contribution < 1.29 is 18.9 Å². The number of ether oxygens (including phenoxy) is 1. The third-order valence-corrected chi connectivity index (χ3v) is 3.32. The minimum absolute atomic E-state index is 0.0565. The van der Waals surface area contributed by atoms with Crippen molar-refractivity contribution >= 4 is 17.3 Å². The standard InChI is InChI=1S/C16H14N4O5/c1-2-24-10-5-6-11(14(8-10)20(22)23)17-16(21)13-9-12(18-19-13)15-4-3-7-25-15/h3-9H,2H2,1H3,(H,17,21)(H,18,19). The fraction of sp³-hybridized carbons (Fsp3) is 0.125. The highest BCUT2D eigenvalue weighted by Gasteiger charge is 2.20. The number of amides is 1. The molecule has 9 heteroatoms. The van der Waals surface area contributed by atoms with Crippen LogP contribution in [-0.4, -0.2) is 27.6 Å². The number of nitro benzene ring substituents is 1. The summed E-state index contributed by atoms with van der Waals surface area (Å²) in [5.74, 6) is 0.298. The largest absolute Gasteiger partial charge is 0.494 e. The zero-order valence-corrected chi connectivity index (χ0v) is 13.2. The second-order valence-corrected chi connectivity index (χ2v) is 4.97. The van der Waals surface area contributed by atoms with Gasteiger partial charge in [-0.3, -0.25) is 20.0 Å². The van der Waals surface area contributed by atoms with Crippen LogP contribution in [0.1, 0.15) is 17.4 Å². The fourth-order valence-corrected chi connectivity index (χ4v) is 2.21. The average Bonchev–Trinajstić information content (AvgIpc) is 3.27.